The summed E-state index contributed by atoms with van der Waals surface area (Å²) in [4.78, 5) is 30.1. The molecule has 0 aromatic carbocycles. The van der Waals surface area contributed by atoms with Gasteiger partial charge in [-0.15, -0.1) is 10.2 Å². The minimum Gasteiger partial charge on any atom is -0.461 e. The standard InChI is InChI=1S/C12H15N5O4S2/c1-3-21-10(19)7-4-13-11(14-7)22-6-8(18)15-12-17-16-9(23-12)5-20-2/h4H,3,5-6H2,1-2H3,(H,13,14)(H,15,17,18). The van der Waals surface area contributed by atoms with Crippen LogP contribution < -0.4 is 5.32 Å². The Kier molecular flexibility index (Phi) is 6.50. The zero-order valence-corrected chi connectivity index (χ0v) is 14.1. The molecule has 23 heavy (non-hydrogen) atoms. The van der Waals surface area contributed by atoms with Gasteiger partial charge in [0.1, 0.15) is 17.3 Å². The van der Waals surface area contributed by atoms with E-state index >= 15 is 0 Å². The van der Waals surface area contributed by atoms with Gasteiger partial charge in [-0.3, -0.25) is 10.1 Å². The van der Waals surface area contributed by atoms with Gasteiger partial charge in [0.15, 0.2) is 5.16 Å². The molecule has 0 spiro atoms. The number of rotatable bonds is 8. The first kappa shape index (κ1) is 17.4. The number of ether oxygens (including phenoxy) is 2. The first-order chi connectivity index (χ1) is 11.1. The van der Waals surface area contributed by atoms with Crippen LogP contribution in [0.1, 0.15) is 22.4 Å². The third-order valence-corrected chi connectivity index (χ3v) is 4.07. The first-order valence-electron chi connectivity index (χ1n) is 6.58. The SMILES string of the molecule is CCOC(=O)c1cnc(SCC(=O)Nc2nnc(COC)s2)[nH]1. The molecule has 0 aliphatic rings. The number of carbonyl (C=O) groups is 2. The maximum absolute atomic E-state index is 11.8. The van der Waals surface area contributed by atoms with Crippen LogP contribution in [0.25, 0.3) is 0 Å². The summed E-state index contributed by atoms with van der Waals surface area (Å²) in [6, 6.07) is 0. The highest BCUT2D eigenvalue weighted by molar-refractivity contribution is 7.99. The van der Waals surface area contributed by atoms with Crippen LogP contribution >= 0.6 is 23.1 Å². The fourth-order valence-electron chi connectivity index (χ4n) is 1.46. The lowest BCUT2D eigenvalue weighted by Gasteiger charge is -1.99. The smallest absolute Gasteiger partial charge is 0.356 e. The Bertz CT molecular complexity index is 672. The zero-order valence-electron chi connectivity index (χ0n) is 12.5. The van der Waals surface area contributed by atoms with E-state index in [4.69, 9.17) is 9.47 Å². The van der Waals surface area contributed by atoms with E-state index in [1.165, 1.54) is 29.3 Å². The number of methoxy groups -OCH3 is 1. The summed E-state index contributed by atoms with van der Waals surface area (Å²) in [5.74, 6) is -0.602. The molecule has 11 heteroatoms. The normalized spacial score (nSPS) is 10.5. The van der Waals surface area contributed by atoms with Crippen LogP contribution in [-0.2, 0) is 20.9 Å². The van der Waals surface area contributed by atoms with Gasteiger partial charge in [-0.1, -0.05) is 23.1 Å². The lowest BCUT2D eigenvalue weighted by atomic mass is 10.5. The van der Waals surface area contributed by atoms with Crippen molar-refractivity contribution in [2.75, 3.05) is 24.8 Å². The molecule has 2 aromatic rings. The number of imidazole rings is 1. The molecule has 2 heterocycles. The van der Waals surface area contributed by atoms with Gasteiger partial charge >= 0.3 is 5.97 Å². The molecule has 0 bridgehead atoms. The molecule has 0 saturated heterocycles. The maximum atomic E-state index is 11.8. The van der Waals surface area contributed by atoms with Gasteiger partial charge in [-0.25, -0.2) is 9.78 Å². The predicted molar refractivity (Wildman–Crippen MR) is 84.5 cm³/mol. The number of aromatic amines is 1. The lowest BCUT2D eigenvalue weighted by molar-refractivity contribution is -0.113. The van der Waals surface area contributed by atoms with Gasteiger partial charge in [-0.2, -0.15) is 0 Å². The number of anilines is 1. The number of esters is 1. The average molecular weight is 357 g/mol. The summed E-state index contributed by atoms with van der Waals surface area (Å²) in [7, 11) is 1.56. The predicted octanol–water partition coefficient (Wildman–Crippen LogP) is 1.32. The van der Waals surface area contributed by atoms with Crippen molar-refractivity contribution in [1.29, 1.82) is 0 Å². The molecule has 9 nitrogen and oxygen atoms in total. The fourth-order valence-corrected chi connectivity index (χ4v) is 2.84. The van der Waals surface area contributed by atoms with E-state index in [0.29, 0.717) is 21.9 Å². The van der Waals surface area contributed by atoms with Gasteiger partial charge < -0.3 is 14.5 Å². The quantitative estimate of drug-likeness (QED) is 0.536. The number of thioether (sulfide) groups is 1. The van der Waals surface area contributed by atoms with E-state index in [9.17, 15) is 9.59 Å². The summed E-state index contributed by atoms with van der Waals surface area (Å²) in [5, 5.41) is 11.9. The van der Waals surface area contributed by atoms with Crippen LogP contribution in [-0.4, -0.2) is 51.5 Å². The van der Waals surface area contributed by atoms with Crippen LogP contribution in [0.15, 0.2) is 11.4 Å². The molecule has 2 aromatic heterocycles. The average Bonchev–Trinajstić information content (AvgIpc) is 3.15. The van der Waals surface area contributed by atoms with E-state index in [-0.39, 0.29) is 24.0 Å². The Hall–Kier alpha value is -1.98. The second kappa shape index (κ2) is 8.60. The van der Waals surface area contributed by atoms with Crippen LogP contribution in [0.3, 0.4) is 0 Å². The molecule has 0 atom stereocenters. The van der Waals surface area contributed by atoms with Gasteiger partial charge in [0, 0.05) is 7.11 Å². The second-order valence-corrected chi connectivity index (χ2v) is 6.12. The molecule has 0 radical (unpaired) electrons. The number of hydrogen-bond acceptors (Lipinski definition) is 9. The Labute approximate surface area is 140 Å². The molecule has 0 aliphatic carbocycles. The highest BCUT2D eigenvalue weighted by atomic mass is 32.2. The van der Waals surface area contributed by atoms with Crippen molar-refractivity contribution in [2.24, 2.45) is 0 Å². The van der Waals surface area contributed by atoms with Crippen molar-refractivity contribution in [3.05, 3.63) is 16.9 Å². The molecular weight excluding hydrogens is 342 g/mol. The van der Waals surface area contributed by atoms with Crippen molar-refractivity contribution >= 4 is 40.1 Å². The van der Waals surface area contributed by atoms with Gasteiger partial charge in [-0.05, 0) is 6.92 Å². The zero-order chi connectivity index (χ0) is 16.7. The van der Waals surface area contributed by atoms with Crippen LogP contribution in [0.2, 0.25) is 0 Å². The van der Waals surface area contributed by atoms with E-state index in [1.54, 1.807) is 14.0 Å². The molecule has 0 unspecified atom stereocenters. The third kappa shape index (κ3) is 5.30. The van der Waals surface area contributed by atoms with Gasteiger partial charge in [0.2, 0.25) is 11.0 Å². The Morgan fingerprint density at radius 2 is 2.26 bits per heavy atom. The number of nitrogens with one attached hydrogen (secondary N) is 2. The topological polar surface area (TPSA) is 119 Å². The molecule has 0 fully saturated rings. The highest BCUT2D eigenvalue weighted by Crippen LogP contribution is 2.18. The van der Waals surface area contributed by atoms with Crippen molar-refractivity contribution in [1.82, 2.24) is 20.2 Å². The summed E-state index contributed by atoms with van der Waals surface area (Å²) < 4.78 is 9.78. The maximum Gasteiger partial charge on any atom is 0.356 e. The van der Waals surface area contributed by atoms with Crippen molar-refractivity contribution in [2.45, 2.75) is 18.7 Å². The number of carbonyl (C=O) groups excluding carboxylic acids is 2. The minimum atomic E-state index is -0.476. The summed E-state index contributed by atoms with van der Waals surface area (Å²) >= 11 is 2.41. The van der Waals surface area contributed by atoms with E-state index in [0.717, 1.165) is 0 Å². The molecular formula is C12H15N5O4S2. The molecule has 0 saturated carbocycles. The number of H-pyrrole nitrogens is 1. The number of aromatic nitrogens is 4. The van der Waals surface area contributed by atoms with Gasteiger partial charge in [0.25, 0.3) is 0 Å². The molecule has 1 amide bonds. The Morgan fingerprint density at radius 3 is 3.00 bits per heavy atom. The molecule has 0 aliphatic heterocycles. The monoisotopic (exact) mass is 357 g/mol. The van der Waals surface area contributed by atoms with Crippen molar-refractivity contribution in [3.8, 4) is 0 Å². The Balaban J connectivity index is 1.80. The van der Waals surface area contributed by atoms with Crippen molar-refractivity contribution < 1.29 is 19.1 Å². The summed E-state index contributed by atoms with van der Waals surface area (Å²) in [6.45, 7) is 2.36. The molecule has 124 valence electrons. The van der Waals surface area contributed by atoms with E-state index < -0.39 is 5.97 Å². The number of nitrogens with zero attached hydrogens (tertiary/aromatic N) is 3. The van der Waals surface area contributed by atoms with Crippen LogP contribution in [0.5, 0.6) is 0 Å². The van der Waals surface area contributed by atoms with Crippen LogP contribution in [0, 0.1) is 0 Å². The lowest BCUT2D eigenvalue weighted by Crippen LogP contribution is -2.14. The largest absolute Gasteiger partial charge is 0.461 e. The molecule has 2 rings (SSSR count). The summed E-state index contributed by atoms with van der Waals surface area (Å²) in [6.07, 6.45) is 1.38. The highest BCUT2D eigenvalue weighted by Gasteiger charge is 2.13. The third-order valence-electron chi connectivity index (χ3n) is 2.37. The van der Waals surface area contributed by atoms with E-state index in [1.807, 2.05) is 0 Å². The number of hydrogen-bond donors (Lipinski definition) is 2. The minimum absolute atomic E-state index is 0.120. The first-order valence-corrected chi connectivity index (χ1v) is 8.38. The van der Waals surface area contributed by atoms with E-state index in [2.05, 4.69) is 25.5 Å². The summed E-state index contributed by atoms with van der Waals surface area (Å²) in [5.41, 5.74) is 0.253. The van der Waals surface area contributed by atoms with Crippen molar-refractivity contribution in [3.63, 3.8) is 0 Å². The molecule has 2 N–H and O–H groups in total. The van der Waals surface area contributed by atoms with Gasteiger partial charge in [0.05, 0.1) is 18.6 Å². The fraction of sp³-hybridized carbons (Fsp3) is 0.417. The Morgan fingerprint density at radius 1 is 1.43 bits per heavy atom. The second-order valence-electron chi connectivity index (χ2n) is 4.09. The van der Waals surface area contributed by atoms with Crippen LogP contribution in [0.4, 0.5) is 5.13 Å². The number of amides is 1.